The van der Waals surface area contributed by atoms with Crippen LogP contribution in [0.15, 0.2) is 37.1 Å². The van der Waals surface area contributed by atoms with Gasteiger partial charge in [-0.1, -0.05) is 13.8 Å². The van der Waals surface area contributed by atoms with Crippen LogP contribution in [0.3, 0.4) is 0 Å². The molecule has 4 N–H and O–H groups in total. The molecule has 0 aliphatic rings. The van der Waals surface area contributed by atoms with Crippen molar-refractivity contribution >= 4 is 11.8 Å². The molecule has 0 aliphatic carbocycles. The fraction of sp³-hybridized carbons (Fsp3) is 0.235. The van der Waals surface area contributed by atoms with E-state index in [0.717, 1.165) is 17.0 Å². The molecular formula is C17H20N6O2. The molecule has 0 spiro atoms. The van der Waals surface area contributed by atoms with E-state index < -0.39 is 0 Å². The maximum atomic E-state index is 6.00. The summed E-state index contributed by atoms with van der Waals surface area (Å²) in [6.45, 7) is 4.14. The van der Waals surface area contributed by atoms with E-state index in [2.05, 4.69) is 28.8 Å². The van der Waals surface area contributed by atoms with Crippen LogP contribution in [0.5, 0.6) is 17.2 Å². The van der Waals surface area contributed by atoms with E-state index in [1.807, 2.05) is 22.9 Å². The fourth-order valence-corrected chi connectivity index (χ4v) is 2.47. The van der Waals surface area contributed by atoms with E-state index in [1.165, 1.54) is 6.20 Å². The van der Waals surface area contributed by atoms with Gasteiger partial charge in [-0.3, -0.25) is 0 Å². The average molecular weight is 340 g/mol. The summed E-state index contributed by atoms with van der Waals surface area (Å²) in [6, 6.07) is 3.83. The van der Waals surface area contributed by atoms with Gasteiger partial charge in [0.2, 0.25) is 5.95 Å². The van der Waals surface area contributed by atoms with Gasteiger partial charge in [0.1, 0.15) is 11.5 Å². The van der Waals surface area contributed by atoms with Crippen LogP contribution in [-0.4, -0.2) is 26.6 Å². The Bertz CT molecular complexity index is 877. The standard InChI is InChI=1S/C17H20N6O2/c1-10(2)11-6-14(24-3)12(23-5-4-20-9-23)7-13(11)25-15-8-21-17(19)22-16(15)18/h4-10H,1-3H3,(H4,18,19,21,22). The lowest BCUT2D eigenvalue weighted by atomic mass is 10.0. The van der Waals surface area contributed by atoms with Crippen molar-refractivity contribution in [1.29, 1.82) is 0 Å². The highest BCUT2D eigenvalue weighted by Gasteiger charge is 2.17. The average Bonchev–Trinajstić information content (AvgIpc) is 3.11. The van der Waals surface area contributed by atoms with E-state index >= 15 is 0 Å². The quantitative estimate of drug-likeness (QED) is 0.734. The molecule has 3 rings (SSSR count). The van der Waals surface area contributed by atoms with Crippen LogP contribution in [0.1, 0.15) is 25.3 Å². The topological polar surface area (TPSA) is 114 Å². The number of imidazole rings is 1. The minimum Gasteiger partial charge on any atom is -0.495 e. The van der Waals surface area contributed by atoms with Gasteiger partial charge in [0.15, 0.2) is 11.6 Å². The number of rotatable bonds is 5. The summed E-state index contributed by atoms with van der Waals surface area (Å²) in [5.74, 6) is 2.19. The Balaban J connectivity index is 2.11. The first-order chi connectivity index (χ1) is 12.0. The highest BCUT2D eigenvalue weighted by molar-refractivity contribution is 5.58. The van der Waals surface area contributed by atoms with Crippen molar-refractivity contribution in [3.8, 4) is 22.9 Å². The lowest BCUT2D eigenvalue weighted by molar-refractivity contribution is 0.409. The Labute approximate surface area is 145 Å². The molecule has 0 saturated heterocycles. The minimum absolute atomic E-state index is 0.0998. The number of nitrogens with two attached hydrogens (primary N) is 2. The smallest absolute Gasteiger partial charge is 0.222 e. The highest BCUT2D eigenvalue weighted by Crippen LogP contribution is 2.38. The van der Waals surface area contributed by atoms with Gasteiger partial charge in [-0.15, -0.1) is 0 Å². The van der Waals surface area contributed by atoms with Gasteiger partial charge in [-0.2, -0.15) is 4.98 Å². The van der Waals surface area contributed by atoms with Crippen molar-refractivity contribution < 1.29 is 9.47 Å². The Morgan fingerprint density at radius 1 is 1.12 bits per heavy atom. The van der Waals surface area contributed by atoms with Gasteiger partial charge in [0.25, 0.3) is 0 Å². The number of hydrogen-bond acceptors (Lipinski definition) is 7. The van der Waals surface area contributed by atoms with Crippen LogP contribution in [0, 0.1) is 0 Å². The van der Waals surface area contributed by atoms with Gasteiger partial charge >= 0.3 is 0 Å². The summed E-state index contributed by atoms with van der Waals surface area (Å²) >= 11 is 0. The first kappa shape index (κ1) is 16.6. The van der Waals surface area contributed by atoms with Crippen LogP contribution >= 0.6 is 0 Å². The van der Waals surface area contributed by atoms with E-state index in [-0.39, 0.29) is 17.7 Å². The van der Waals surface area contributed by atoms with Gasteiger partial charge in [0.05, 0.1) is 25.3 Å². The van der Waals surface area contributed by atoms with Crippen molar-refractivity contribution in [1.82, 2.24) is 19.5 Å². The summed E-state index contributed by atoms with van der Waals surface area (Å²) in [5, 5.41) is 0. The molecule has 2 heterocycles. The van der Waals surface area contributed by atoms with Crippen LogP contribution in [-0.2, 0) is 0 Å². The third-order valence-corrected chi connectivity index (χ3v) is 3.74. The molecule has 8 heteroatoms. The first-order valence-electron chi connectivity index (χ1n) is 7.75. The molecule has 2 aromatic heterocycles. The molecule has 0 aliphatic heterocycles. The summed E-state index contributed by atoms with van der Waals surface area (Å²) in [5.41, 5.74) is 13.2. The lowest BCUT2D eigenvalue weighted by Gasteiger charge is -2.18. The maximum Gasteiger partial charge on any atom is 0.222 e. The zero-order valence-corrected chi connectivity index (χ0v) is 14.3. The van der Waals surface area contributed by atoms with Crippen molar-refractivity contribution in [3.05, 3.63) is 42.6 Å². The molecule has 3 aromatic rings. The number of nitrogen functional groups attached to an aromatic ring is 2. The molecule has 0 amide bonds. The Kier molecular flexibility index (Phi) is 4.42. The van der Waals surface area contributed by atoms with E-state index in [4.69, 9.17) is 20.9 Å². The van der Waals surface area contributed by atoms with E-state index in [0.29, 0.717) is 11.5 Å². The van der Waals surface area contributed by atoms with Gasteiger partial charge in [-0.25, -0.2) is 9.97 Å². The van der Waals surface area contributed by atoms with Gasteiger partial charge in [0, 0.05) is 24.0 Å². The summed E-state index contributed by atoms with van der Waals surface area (Å²) in [6.07, 6.45) is 6.68. The van der Waals surface area contributed by atoms with Crippen LogP contribution in [0.25, 0.3) is 5.69 Å². The number of hydrogen-bond donors (Lipinski definition) is 2. The molecular weight excluding hydrogens is 320 g/mol. The van der Waals surface area contributed by atoms with Crippen LogP contribution in [0.4, 0.5) is 11.8 Å². The second kappa shape index (κ2) is 6.68. The normalized spacial score (nSPS) is 10.9. The molecule has 0 fully saturated rings. The second-order valence-electron chi connectivity index (χ2n) is 5.77. The zero-order valence-electron chi connectivity index (χ0n) is 14.3. The Morgan fingerprint density at radius 2 is 1.92 bits per heavy atom. The Hall–Kier alpha value is -3.29. The van der Waals surface area contributed by atoms with E-state index in [1.54, 1.807) is 19.6 Å². The minimum atomic E-state index is 0.0998. The largest absolute Gasteiger partial charge is 0.495 e. The number of methoxy groups -OCH3 is 1. The molecule has 0 bridgehead atoms. The Morgan fingerprint density at radius 3 is 2.52 bits per heavy atom. The van der Waals surface area contributed by atoms with Gasteiger partial charge in [-0.05, 0) is 12.0 Å². The first-order valence-corrected chi connectivity index (χ1v) is 7.75. The number of ether oxygens (including phenoxy) is 2. The third kappa shape index (κ3) is 3.32. The van der Waals surface area contributed by atoms with Crippen molar-refractivity contribution in [2.45, 2.75) is 19.8 Å². The highest BCUT2D eigenvalue weighted by atomic mass is 16.5. The second-order valence-corrected chi connectivity index (χ2v) is 5.77. The lowest BCUT2D eigenvalue weighted by Crippen LogP contribution is -2.04. The molecule has 25 heavy (non-hydrogen) atoms. The van der Waals surface area contributed by atoms with Crippen LogP contribution < -0.4 is 20.9 Å². The maximum absolute atomic E-state index is 6.00. The van der Waals surface area contributed by atoms with Crippen molar-refractivity contribution in [2.75, 3.05) is 18.6 Å². The monoisotopic (exact) mass is 340 g/mol. The molecule has 0 radical (unpaired) electrons. The molecule has 0 atom stereocenters. The summed E-state index contributed by atoms with van der Waals surface area (Å²) in [7, 11) is 1.63. The zero-order chi connectivity index (χ0) is 18.0. The number of anilines is 2. The summed E-state index contributed by atoms with van der Waals surface area (Å²) in [4.78, 5) is 11.9. The van der Waals surface area contributed by atoms with Crippen LogP contribution in [0.2, 0.25) is 0 Å². The SMILES string of the molecule is COc1cc(C(C)C)c(Oc2cnc(N)nc2N)cc1-n1ccnc1. The van der Waals surface area contributed by atoms with Gasteiger partial charge < -0.3 is 25.5 Å². The number of aromatic nitrogens is 4. The molecule has 8 nitrogen and oxygen atoms in total. The predicted octanol–water partition coefficient (Wildman–Crippen LogP) is 2.75. The molecule has 0 unspecified atom stereocenters. The van der Waals surface area contributed by atoms with Crippen molar-refractivity contribution in [2.24, 2.45) is 0 Å². The number of benzene rings is 1. The molecule has 1 aromatic carbocycles. The number of nitrogens with zero attached hydrogens (tertiary/aromatic N) is 4. The molecule has 0 saturated carbocycles. The fourth-order valence-electron chi connectivity index (χ4n) is 2.47. The third-order valence-electron chi connectivity index (χ3n) is 3.74. The summed E-state index contributed by atoms with van der Waals surface area (Å²) < 4.78 is 13.4. The van der Waals surface area contributed by atoms with E-state index in [9.17, 15) is 0 Å². The predicted molar refractivity (Wildman–Crippen MR) is 95.1 cm³/mol. The van der Waals surface area contributed by atoms with Crippen molar-refractivity contribution in [3.63, 3.8) is 0 Å². The molecule has 130 valence electrons.